The van der Waals surface area contributed by atoms with Crippen LogP contribution in [0.3, 0.4) is 0 Å². The molecular weight excluding hydrogens is 452 g/mol. The number of hydrogen-bond donors (Lipinski definition) is 8. The summed E-state index contributed by atoms with van der Waals surface area (Å²) in [6.07, 6.45) is -1.36. The highest BCUT2D eigenvalue weighted by molar-refractivity contribution is 5.94. The van der Waals surface area contributed by atoms with E-state index < -0.39 is 66.6 Å². The third kappa shape index (κ3) is 9.95. The molecule has 34 heavy (non-hydrogen) atoms. The van der Waals surface area contributed by atoms with E-state index >= 15 is 0 Å². The molecule has 0 aliphatic heterocycles. The number of rotatable bonds is 14. The van der Waals surface area contributed by atoms with Crippen molar-refractivity contribution in [2.24, 2.45) is 17.2 Å². The van der Waals surface area contributed by atoms with Gasteiger partial charge in [0.15, 0.2) is 0 Å². The van der Waals surface area contributed by atoms with Gasteiger partial charge in [0.05, 0.1) is 13.0 Å². The topological polar surface area (TPSA) is 257 Å². The number of phenolic OH excluding ortho intramolecular Hbond substituents is 1. The summed E-state index contributed by atoms with van der Waals surface area (Å²) in [4.78, 5) is 71.0. The van der Waals surface area contributed by atoms with Crippen molar-refractivity contribution in [2.75, 3.05) is 6.54 Å². The molecule has 186 valence electrons. The Morgan fingerprint density at radius 1 is 0.824 bits per heavy atom. The van der Waals surface area contributed by atoms with E-state index in [0.29, 0.717) is 5.56 Å². The predicted molar refractivity (Wildman–Crippen MR) is 117 cm³/mol. The Kier molecular flexibility index (Phi) is 10.9. The smallest absolute Gasteiger partial charge is 0.326 e. The van der Waals surface area contributed by atoms with Gasteiger partial charge in [0, 0.05) is 12.8 Å². The van der Waals surface area contributed by atoms with E-state index in [9.17, 15) is 39.0 Å². The van der Waals surface area contributed by atoms with E-state index in [1.54, 1.807) is 0 Å². The number of carboxylic acids is 1. The number of phenols is 1. The number of carbonyl (C=O) groups excluding carboxylic acids is 5. The summed E-state index contributed by atoms with van der Waals surface area (Å²) < 4.78 is 0. The summed E-state index contributed by atoms with van der Waals surface area (Å²) in [5.41, 5.74) is 16.0. The number of nitrogens with one attached hydrogen (secondary N) is 3. The Labute approximate surface area is 194 Å². The minimum atomic E-state index is -1.66. The van der Waals surface area contributed by atoms with Crippen molar-refractivity contribution in [3.05, 3.63) is 29.8 Å². The normalized spacial score (nSPS) is 13.1. The Morgan fingerprint density at radius 3 is 1.88 bits per heavy atom. The fraction of sp³-hybridized carbons (Fsp3) is 0.400. The molecule has 0 aliphatic carbocycles. The number of aromatic hydroxyl groups is 1. The summed E-state index contributed by atoms with van der Waals surface area (Å²) in [5, 5.41) is 25.5. The molecular formula is C20H28N6O8. The van der Waals surface area contributed by atoms with Gasteiger partial charge >= 0.3 is 5.97 Å². The van der Waals surface area contributed by atoms with Crippen LogP contribution in [0.25, 0.3) is 0 Å². The van der Waals surface area contributed by atoms with Crippen LogP contribution in [0.15, 0.2) is 24.3 Å². The second-order valence-corrected chi connectivity index (χ2v) is 7.33. The van der Waals surface area contributed by atoms with E-state index in [-0.39, 0.29) is 25.0 Å². The molecule has 1 rings (SSSR count). The zero-order valence-electron chi connectivity index (χ0n) is 18.2. The molecule has 1 aromatic rings. The van der Waals surface area contributed by atoms with E-state index in [2.05, 4.69) is 16.0 Å². The summed E-state index contributed by atoms with van der Waals surface area (Å²) >= 11 is 0. The number of aliphatic carboxylic acids is 1. The number of amides is 5. The van der Waals surface area contributed by atoms with Crippen LogP contribution in [0.2, 0.25) is 0 Å². The van der Waals surface area contributed by atoms with Gasteiger partial charge in [-0.15, -0.1) is 0 Å². The van der Waals surface area contributed by atoms with Gasteiger partial charge in [-0.05, 0) is 24.1 Å². The maximum Gasteiger partial charge on any atom is 0.326 e. The van der Waals surface area contributed by atoms with Gasteiger partial charge in [0.1, 0.15) is 23.9 Å². The lowest BCUT2D eigenvalue weighted by atomic mass is 10.0. The first kappa shape index (κ1) is 27.8. The maximum atomic E-state index is 12.9. The van der Waals surface area contributed by atoms with E-state index in [1.165, 1.54) is 24.3 Å². The zero-order chi connectivity index (χ0) is 25.8. The van der Waals surface area contributed by atoms with Crippen molar-refractivity contribution >= 4 is 35.5 Å². The monoisotopic (exact) mass is 480 g/mol. The molecule has 14 nitrogen and oxygen atoms in total. The van der Waals surface area contributed by atoms with Gasteiger partial charge in [-0.3, -0.25) is 24.0 Å². The van der Waals surface area contributed by atoms with Crippen molar-refractivity contribution in [3.8, 4) is 5.75 Å². The van der Waals surface area contributed by atoms with Crippen molar-refractivity contribution in [1.82, 2.24) is 16.0 Å². The maximum absolute atomic E-state index is 12.9. The molecule has 0 saturated heterocycles. The molecule has 1 aromatic carbocycles. The Morgan fingerprint density at radius 2 is 1.38 bits per heavy atom. The first-order valence-corrected chi connectivity index (χ1v) is 10.1. The van der Waals surface area contributed by atoms with E-state index in [4.69, 9.17) is 17.2 Å². The molecule has 0 fully saturated rings. The molecule has 3 atom stereocenters. The minimum Gasteiger partial charge on any atom is -0.508 e. The van der Waals surface area contributed by atoms with E-state index in [1.807, 2.05) is 0 Å². The van der Waals surface area contributed by atoms with Crippen LogP contribution in [-0.2, 0) is 35.2 Å². The number of primary amides is 2. The second kappa shape index (κ2) is 13.4. The molecule has 0 saturated carbocycles. The predicted octanol–water partition coefficient (Wildman–Crippen LogP) is -3.43. The number of carboxylic acid groups (broad SMARTS) is 1. The number of benzene rings is 1. The van der Waals surface area contributed by atoms with Crippen LogP contribution in [-0.4, -0.2) is 70.4 Å². The number of nitrogens with two attached hydrogens (primary N) is 3. The van der Waals surface area contributed by atoms with E-state index in [0.717, 1.165) is 0 Å². The Balaban J connectivity index is 3.07. The van der Waals surface area contributed by atoms with Gasteiger partial charge < -0.3 is 43.4 Å². The molecule has 0 aromatic heterocycles. The fourth-order valence-electron chi connectivity index (χ4n) is 2.83. The molecule has 0 aliphatic rings. The molecule has 0 radical (unpaired) electrons. The molecule has 3 unspecified atom stereocenters. The molecule has 14 heteroatoms. The van der Waals surface area contributed by atoms with Gasteiger partial charge in [-0.1, -0.05) is 12.1 Å². The van der Waals surface area contributed by atoms with Crippen LogP contribution in [0.4, 0.5) is 0 Å². The standard InChI is InChI=1S/C20H28N6O8/c21-9-17(30)24-13(7-10-1-3-11(27)4-2-10)19(32)25-12(5-6-15(22)28)18(31)26-14(20(33)34)8-16(23)29/h1-4,12-14,27H,5-9,21H2,(H2,22,28)(H2,23,29)(H,24,30)(H,25,32)(H,26,31)(H,33,34). The molecule has 0 heterocycles. The molecule has 11 N–H and O–H groups in total. The van der Waals surface area contributed by atoms with Crippen molar-refractivity contribution in [2.45, 2.75) is 43.8 Å². The van der Waals surface area contributed by atoms with Crippen molar-refractivity contribution in [1.29, 1.82) is 0 Å². The van der Waals surface area contributed by atoms with Gasteiger partial charge in [-0.25, -0.2) is 4.79 Å². The Hall–Kier alpha value is -4.20. The van der Waals surface area contributed by atoms with Crippen LogP contribution in [0, 0.1) is 0 Å². The van der Waals surface area contributed by atoms with Crippen molar-refractivity contribution in [3.63, 3.8) is 0 Å². The van der Waals surface area contributed by atoms with Gasteiger partial charge in [-0.2, -0.15) is 0 Å². The summed E-state index contributed by atoms with van der Waals surface area (Å²) in [7, 11) is 0. The lowest BCUT2D eigenvalue weighted by molar-refractivity contribution is -0.144. The lowest BCUT2D eigenvalue weighted by Crippen LogP contribution is -2.57. The first-order valence-electron chi connectivity index (χ1n) is 10.1. The largest absolute Gasteiger partial charge is 0.508 e. The average Bonchev–Trinajstić information content (AvgIpc) is 2.76. The molecule has 0 bridgehead atoms. The molecule has 0 spiro atoms. The molecule has 5 amide bonds. The lowest BCUT2D eigenvalue weighted by Gasteiger charge is -2.24. The van der Waals surface area contributed by atoms with Gasteiger partial charge in [0.25, 0.3) is 0 Å². The van der Waals surface area contributed by atoms with Crippen molar-refractivity contribution < 1.29 is 39.0 Å². The SMILES string of the molecule is NCC(=O)NC(Cc1ccc(O)cc1)C(=O)NC(CCC(N)=O)C(=O)NC(CC(N)=O)C(=O)O. The van der Waals surface area contributed by atoms with Crippen LogP contribution >= 0.6 is 0 Å². The fourth-order valence-corrected chi connectivity index (χ4v) is 2.83. The Bertz CT molecular complexity index is 920. The highest BCUT2D eigenvalue weighted by Gasteiger charge is 2.30. The third-order valence-electron chi connectivity index (χ3n) is 4.55. The number of carbonyl (C=O) groups is 6. The zero-order valence-corrected chi connectivity index (χ0v) is 18.2. The summed E-state index contributed by atoms with van der Waals surface area (Å²) in [6, 6.07) is 1.50. The third-order valence-corrected chi connectivity index (χ3v) is 4.55. The summed E-state index contributed by atoms with van der Waals surface area (Å²) in [6.45, 7) is -0.418. The quantitative estimate of drug-likeness (QED) is 0.132. The van der Waals surface area contributed by atoms with Crippen LogP contribution < -0.4 is 33.2 Å². The van der Waals surface area contributed by atoms with Crippen LogP contribution in [0.5, 0.6) is 5.75 Å². The van der Waals surface area contributed by atoms with Gasteiger partial charge in [0.2, 0.25) is 29.5 Å². The highest BCUT2D eigenvalue weighted by atomic mass is 16.4. The average molecular weight is 480 g/mol. The number of hydrogen-bond acceptors (Lipinski definition) is 8. The van der Waals surface area contributed by atoms with Crippen LogP contribution in [0.1, 0.15) is 24.8 Å². The summed E-state index contributed by atoms with van der Waals surface area (Å²) in [5.74, 6) is -5.81. The second-order valence-electron chi connectivity index (χ2n) is 7.33. The minimum absolute atomic E-state index is 0.0112. The first-order chi connectivity index (χ1) is 15.9. The highest BCUT2D eigenvalue weighted by Crippen LogP contribution is 2.12.